The van der Waals surface area contributed by atoms with Crippen molar-refractivity contribution >= 4 is 50.1 Å². The summed E-state index contributed by atoms with van der Waals surface area (Å²) in [4.78, 5) is 12.3. The molecule has 0 unspecified atom stereocenters. The van der Waals surface area contributed by atoms with Crippen LogP contribution in [0.15, 0.2) is 40.9 Å². The molecular weight excluding hydrogens is 417 g/mol. The van der Waals surface area contributed by atoms with Crippen LogP contribution in [0.2, 0.25) is 0 Å². The molecule has 2 nitrogen and oxygen atoms in total. The number of rotatable bonds is 2. The van der Waals surface area contributed by atoms with E-state index in [1.165, 1.54) is 0 Å². The number of benzene rings is 2. The van der Waals surface area contributed by atoms with Crippen LogP contribution in [0.4, 0.5) is 5.69 Å². The highest BCUT2D eigenvalue weighted by molar-refractivity contribution is 14.1. The number of carbonyl (C=O) groups excluding carboxylic acids is 1. The third-order valence-corrected chi connectivity index (χ3v) is 4.05. The molecule has 2 aromatic carbocycles. The third kappa shape index (κ3) is 3.57. The molecule has 0 bridgehead atoms. The molecule has 0 saturated heterocycles. The molecule has 4 heteroatoms. The van der Waals surface area contributed by atoms with E-state index in [1.807, 2.05) is 50.2 Å². The Kier molecular flexibility index (Phi) is 4.62. The first-order valence-corrected chi connectivity index (χ1v) is 7.68. The van der Waals surface area contributed by atoms with Crippen molar-refractivity contribution < 1.29 is 4.79 Å². The van der Waals surface area contributed by atoms with Gasteiger partial charge in [-0.1, -0.05) is 22.0 Å². The number of hydrogen-bond acceptors (Lipinski definition) is 1. The molecule has 0 saturated carbocycles. The van der Waals surface area contributed by atoms with Crippen LogP contribution in [0.3, 0.4) is 0 Å². The summed E-state index contributed by atoms with van der Waals surface area (Å²) in [6.07, 6.45) is 0. The van der Waals surface area contributed by atoms with E-state index in [1.54, 1.807) is 0 Å². The van der Waals surface area contributed by atoms with Gasteiger partial charge in [-0.05, 0) is 77.9 Å². The quantitative estimate of drug-likeness (QED) is 0.674. The monoisotopic (exact) mass is 429 g/mol. The van der Waals surface area contributed by atoms with E-state index < -0.39 is 0 Å². The normalized spacial score (nSPS) is 10.3. The average Bonchev–Trinajstić information content (AvgIpc) is 2.33. The van der Waals surface area contributed by atoms with Crippen molar-refractivity contribution in [1.82, 2.24) is 0 Å². The van der Waals surface area contributed by atoms with E-state index in [-0.39, 0.29) is 5.91 Å². The van der Waals surface area contributed by atoms with Crippen LogP contribution in [-0.4, -0.2) is 5.91 Å². The Hall–Kier alpha value is -0.880. The zero-order chi connectivity index (χ0) is 14.0. The number of nitrogens with one attached hydrogen (secondary N) is 1. The summed E-state index contributed by atoms with van der Waals surface area (Å²) in [5.74, 6) is -0.0740. The van der Waals surface area contributed by atoms with E-state index in [4.69, 9.17) is 0 Å². The molecule has 0 heterocycles. The first-order chi connectivity index (χ1) is 8.97. The van der Waals surface area contributed by atoms with Crippen molar-refractivity contribution in [3.05, 3.63) is 61.1 Å². The second kappa shape index (κ2) is 6.05. The second-order valence-corrected chi connectivity index (χ2v) is 6.53. The first-order valence-electron chi connectivity index (χ1n) is 5.81. The zero-order valence-corrected chi connectivity index (χ0v) is 14.4. The summed E-state index contributed by atoms with van der Waals surface area (Å²) in [5, 5.41) is 2.97. The molecule has 0 spiro atoms. The van der Waals surface area contributed by atoms with E-state index in [0.717, 1.165) is 24.9 Å². The highest BCUT2D eigenvalue weighted by Gasteiger charge is 2.10. The third-order valence-electron chi connectivity index (χ3n) is 2.88. The SMILES string of the molecule is Cc1ccc(I)cc1NC(=O)c1ccc(Br)cc1C. The summed E-state index contributed by atoms with van der Waals surface area (Å²) in [5.41, 5.74) is 3.57. The molecule has 0 radical (unpaired) electrons. The molecule has 0 aliphatic carbocycles. The lowest BCUT2D eigenvalue weighted by molar-refractivity contribution is 0.102. The lowest BCUT2D eigenvalue weighted by Gasteiger charge is -2.10. The molecule has 0 atom stereocenters. The number of hydrogen-bond donors (Lipinski definition) is 1. The van der Waals surface area contributed by atoms with Gasteiger partial charge in [-0.25, -0.2) is 0 Å². The lowest BCUT2D eigenvalue weighted by atomic mass is 10.1. The Morgan fingerprint density at radius 3 is 2.53 bits per heavy atom. The van der Waals surface area contributed by atoms with Gasteiger partial charge in [-0.3, -0.25) is 4.79 Å². The fourth-order valence-corrected chi connectivity index (χ4v) is 2.77. The largest absolute Gasteiger partial charge is 0.322 e. The number of aryl methyl sites for hydroxylation is 2. The van der Waals surface area contributed by atoms with Crippen LogP contribution in [0.25, 0.3) is 0 Å². The Morgan fingerprint density at radius 1 is 1.11 bits per heavy atom. The molecule has 0 aliphatic rings. The number of anilines is 1. The standard InChI is InChI=1S/C15H13BrINO/c1-9-3-5-12(17)8-14(9)18-15(19)13-6-4-11(16)7-10(13)2/h3-8H,1-2H3,(H,18,19). The van der Waals surface area contributed by atoms with Gasteiger partial charge in [0.05, 0.1) is 0 Å². The molecule has 0 aromatic heterocycles. The Balaban J connectivity index is 2.28. The van der Waals surface area contributed by atoms with Gasteiger partial charge < -0.3 is 5.32 Å². The molecule has 0 aliphatic heterocycles. The summed E-state index contributed by atoms with van der Waals surface area (Å²) in [7, 11) is 0. The molecule has 2 rings (SSSR count). The molecule has 1 amide bonds. The molecule has 19 heavy (non-hydrogen) atoms. The van der Waals surface area contributed by atoms with Gasteiger partial charge in [-0.15, -0.1) is 0 Å². The number of carbonyl (C=O) groups is 1. The van der Waals surface area contributed by atoms with Crippen LogP contribution in [0, 0.1) is 17.4 Å². The summed E-state index contributed by atoms with van der Waals surface area (Å²) in [6, 6.07) is 11.7. The molecule has 1 N–H and O–H groups in total. The highest BCUT2D eigenvalue weighted by atomic mass is 127. The second-order valence-electron chi connectivity index (χ2n) is 4.37. The van der Waals surface area contributed by atoms with Crippen molar-refractivity contribution in [2.45, 2.75) is 13.8 Å². The van der Waals surface area contributed by atoms with Gasteiger partial charge in [0.1, 0.15) is 0 Å². The fraction of sp³-hybridized carbons (Fsp3) is 0.133. The van der Waals surface area contributed by atoms with Crippen molar-refractivity contribution in [3.8, 4) is 0 Å². The van der Waals surface area contributed by atoms with Crippen LogP contribution in [0.5, 0.6) is 0 Å². The fourth-order valence-electron chi connectivity index (χ4n) is 1.80. The van der Waals surface area contributed by atoms with Gasteiger partial charge in [0.15, 0.2) is 0 Å². The van der Waals surface area contributed by atoms with Crippen molar-refractivity contribution in [2.24, 2.45) is 0 Å². The first kappa shape index (κ1) is 14.5. The lowest BCUT2D eigenvalue weighted by Crippen LogP contribution is -2.14. The van der Waals surface area contributed by atoms with Gasteiger partial charge in [0, 0.05) is 19.3 Å². The number of amides is 1. The van der Waals surface area contributed by atoms with Gasteiger partial charge >= 0.3 is 0 Å². The molecular formula is C15H13BrINO. The Morgan fingerprint density at radius 2 is 1.84 bits per heavy atom. The van der Waals surface area contributed by atoms with Crippen LogP contribution < -0.4 is 5.32 Å². The minimum atomic E-state index is -0.0740. The Bertz CT molecular complexity index is 640. The average molecular weight is 430 g/mol. The maximum atomic E-state index is 12.3. The predicted molar refractivity (Wildman–Crippen MR) is 90.7 cm³/mol. The van der Waals surface area contributed by atoms with Crippen molar-refractivity contribution in [1.29, 1.82) is 0 Å². The van der Waals surface area contributed by atoms with Crippen molar-refractivity contribution in [3.63, 3.8) is 0 Å². The minimum Gasteiger partial charge on any atom is -0.322 e. The summed E-state index contributed by atoms with van der Waals surface area (Å²) in [6.45, 7) is 3.92. The van der Waals surface area contributed by atoms with Gasteiger partial charge in [0.2, 0.25) is 0 Å². The van der Waals surface area contributed by atoms with E-state index in [9.17, 15) is 4.79 Å². The topological polar surface area (TPSA) is 29.1 Å². The van der Waals surface area contributed by atoms with E-state index >= 15 is 0 Å². The molecule has 2 aromatic rings. The van der Waals surface area contributed by atoms with Crippen LogP contribution in [0.1, 0.15) is 21.5 Å². The maximum absolute atomic E-state index is 12.3. The smallest absolute Gasteiger partial charge is 0.255 e. The van der Waals surface area contributed by atoms with Crippen molar-refractivity contribution in [2.75, 3.05) is 5.32 Å². The summed E-state index contributed by atoms with van der Waals surface area (Å²) < 4.78 is 2.08. The predicted octanol–water partition coefficient (Wildman–Crippen LogP) is 4.92. The Labute approximate surface area is 134 Å². The maximum Gasteiger partial charge on any atom is 0.255 e. The van der Waals surface area contributed by atoms with Crippen LogP contribution >= 0.6 is 38.5 Å². The minimum absolute atomic E-state index is 0.0740. The molecule has 0 fully saturated rings. The molecule has 98 valence electrons. The van der Waals surface area contributed by atoms with Gasteiger partial charge in [-0.2, -0.15) is 0 Å². The van der Waals surface area contributed by atoms with E-state index in [0.29, 0.717) is 5.56 Å². The van der Waals surface area contributed by atoms with Crippen LogP contribution in [-0.2, 0) is 0 Å². The van der Waals surface area contributed by atoms with Gasteiger partial charge in [0.25, 0.3) is 5.91 Å². The highest BCUT2D eigenvalue weighted by Crippen LogP contribution is 2.21. The summed E-state index contributed by atoms with van der Waals surface area (Å²) >= 11 is 5.64. The number of halogens is 2. The van der Waals surface area contributed by atoms with E-state index in [2.05, 4.69) is 43.8 Å². The zero-order valence-electron chi connectivity index (χ0n) is 10.6.